The smallest absolute Gasteiger partial charge is 0.0840 e. The first-order valence-electron chi connectivity index (χ1n) is 4.53. The fourth-order valence-electron chi connectivity index (χ4n) is 1.23. The predicted molar refractivity (Wildman–Crippen MR) is 63.9 cm³/mol. The molecular weight excluding hydrogens is 277 g/mol. The van der Waals surface area contributed by atoms with Gasteiger partial charge in [0.2, 0.25) is 0 Å². The van der Waals surface area contributed by atoms with E-state index >= 15 is 0 Å². The van der Waals surface area contributed by atoms with Gasteiger partial charge in [-0.25, -0.2) is 4.68 Å². The lowest BCUT2D eigenvalue weighted by molar-refractivity contribution is 0.798. The summed E-state index contributed by atoms with van der Waals surface area (Å²) >= 11 is 9.17. The van der Waals surface area contributed by atoms with Gasteiger partial charge in [-0.3, -0.25) is 0 Å². The van der Waals surface area contributed by atoms with E-state index in [1.165, 1.54) is 0 Å². The van der Waals surface area contributed by atoms with Crippen molar-refractivity contribution in [1.82, 2.24) is 15.0 Å². The summed E-state index contributed by atoms with van der Waals surface area (Å²) in [6, 6.07) is 7.50. The molecule has 2 rings (SSSR count). The monoisotopic (exact) mass is 285 g/mol. The van der Waals surface area contributed by atoms with E-state index < -0.39 is 0 Å². The van der Waals surface area contributed by atoms with E-state index in [1.54, 1.807) is 4.68 Å². The van der Waals surface area contributed by atoms with Gasteiger partial charge >= 0.3 is 0 Å². The van der Waals surface area contributed by atoms with Crippen LogP contribution in [0.25, 0.3) is 5.69 Å². The summed E-state index contributed by atoms with van der Waals surface area (Å²) in [5.41, 5.74) is 1.94. The van der Waals surface area contributed by atoms with Crippen molar-refractivity contribution in [2.75, 3.05) is 5.33 Å². The summed E-state index contributed by atoms with van der Waals surface area (Å²) in [4.78, 5) is 0. The molecule has 0 amide bonds. The van der Waals surface area contributed by atoms with Gasteiger partial charge in [-0.05, 0) is 24.3 Å². The molecule has 0 unspecified atom stereocenters. The number of nitrogens with zero attached hydrogens (tertiary/aromatic N) is 3. The zero-order valence-electron chi connectivity index (χ0n) is 7.90. The summed E-state index contributed by atoms with van der Waals surface area (Å²) in [5, 5.41) is 9.71. The van der Waals surface area contributed by atoms with Crippen molar-refractivity contribution in [2.45, 2.75) is 6.42 Å². The quantitative estimate of drug-likeness (QED) is 0.812. The summed E-state index contributed by atoms with van der Waals surface area (Å²) in [6.07, 6.45) is 2.80. The molecule has 1 heterocycles. The molecule has 0 saturated heterocycles. The molecule has 0 aliphatic carbocycles. The maximum Gasteiger partial charge on any atom is 0.0840 e. The molecule has 1 aromatic carbocycles. The van der Waals surface area contributed by atoms with Crippen LogP contribution in [0, 0.1) is 0 Å². The molecule has 0 aliphatic heterocycles. The molecule has 78 valence electrons. The van der Waals surface area contributed by atoms with Crippen LogP contribution in [0.15, 0.2) is 30.5 Å². The zero-order valence-corrected chi connectivity index (χ0v) is 10.2. The van der Waals surface area contributed by atoms with E-state index in [4.69, 9.17) is 11.6 Å². The highest BCUT2D eigenvalue weighted by Crippen LogP contribution is 2.12. The highest BCUT2D eigenvalue weighted by atomic mass is 79.9. The molecular formula is C10H9BrClN3. The topological polar surface area (TPSA) is 30.7 Å². The van der Waals surface area contributed by atoms with E-state index in [9.17, 15) is 0 Å². The number of benzene rings is 1. The minimum absolute atomic E-state index is 0.722. The standard InChI is InChI=1S/C10H9BrClN3/c11-6-5-9-7-15(14-13-9)10-3-1-8(12)2-4-10/h1-4,7H,5-6H2. The second-order valence-electron chi connectivity index (χ2n) is 3.07. The first-order chi connectivity index (χ1) is 7.29. The van der Waals surface area contributed by atoms with Gasteiger partial charge in [-0.2, -0.15) is 0 Å². The van der Waals surface area contributed by atoms with Gasteiger partial charge in [0.15, 0.2) is 0 Å². The van der Waals surface area contributed by atoms with Gasteiger partial charge in [-0.1, -0.05) is 32.7 Å². The molecule has 0 spiro atoms. The van der Waals surface area contributed by atoms with Crippen LogP contribution in [-0.2, 0) is 6.42 Å². The molecule has 5 heteroatoms. The summed E-state index contributed by atoms with van der Waals surface area (Å²) in [5.74, 6) is 0. The largest absolute Gasteiger partial charge is 0.220 e. The Kier molecular flexibility index (Phi) is 3.38. The number of halogens is 2. The maximum absolute atomic E-state index is 5.80. The van der Waals surface area contributed by atoms with Gasteiger partial charge in [0.05, 0.1) is 17.6 Å². The SMILES string of the molecule is Clc1ccc(-n2cc(CCBr)nn2)cc1. The molecule has 1 aromatic heterocycles. The number of aryl methyl sites for hydroxylation is 1. The fourth-order valence-corrected chi connectivity index (χ4v) is 1.76. The van der Waals surface area contributed by atoms with Gasteiger partial charge in [0, 0.05) is 16.8 Å². The highest BCUT2D eigenvalue weighted by Gasteiger charge is 2.01. The van der Waals surface area contributed by atoms with Crippen molar-refractivity contribution in [3.63, 3.8) is 0 Å². The van der Waals surface area contributed by atoms with E-state index in [1.807, 2.05) is 30.5 Å². The normalized spacial score (nSPS) is 10.5. The van der Waals surface area contributed by atoms with Crippen LogP contribution in [-0.4, -0.2) is 20.3 Å². The van der Waals surface area contributed by atoms with Gasteiger partial charge in [0.25, 0.3) is 0 Å². The van der Waals surface area contributed by atoms with Gasteiger partial charge in [-0.15, -0.1) is 5.10 Å². The highest BCUT2D eigenvalue weighted by molar-refractivity contribution is 9.09. The van der Waals surface area contributed by atoms with Crippen molar-refractivity contribution in [1.29, 1.82) is 0 Å². The second kappa shape index (κ2) is 4.77. The average molecular weight is 287 g/mol. The van der Waals surface area contributed by atoms with Crippen LogP contribution < -0.4 is 0 Å². The molecule has 2 aromatic rings. The minimum atomic E-state index is 0.722. The summed E-state index contributed by atoms with van der Waals surface area (Å²) in [7, 11) is 0. The first-order valence-corrected chi connectivity index (χ1v) is 6.02. The lowest BCUT2D eigenvalue weighted by atomic mass is 10.3. The molecule has 0 N–H and O–H groups in total. The van der Waals surface area contributed by atoms with Crippen LogP contribution in [0.4, 0.5) is 0 Å². The molecule has 0 aliphatic rings. The van der Waals surface area contributed by atoms with Crippen molar-refractivity contribution in [2.24, 2.45) is 0 Å². The zero-order chi connectivity index (χ0) is 10.7. The Balaban J connectivity index is 2.25. The third kappa shape index (κ3) is 2.58. The van der Waals surface area contributed by atoms with Crippen molar-refractivity contribution in [3.8, 4) is 5.69 Å². The molecule has 0 bridgehead atoms. The summed E-state index contributed by atoms with van der Waals surface area (Å²) in [6.45, 7) is 0. The van der Waals surface area contributed by atoms with E-state index in [0.29, 0.717) is 0 Å². The van der Waals surface area contributed by atoms with Crippen LogP contribution in [0.3, 0.4) is 0 Å². The lowest BCUT2D eigenvalue weighted by Gasteiger charge is -1.98. The molecule has 3 nitrogen and oxygen atoms in total. The van der Waals surface area contributed by atoms with Crippen molar-refractivity contribution >= 4 is 27.5 Å². The maximum atomic E-state index is 5.80. The Labute approximate surface area is 101 Å². The number of aromatic nitrogens is 3. The Morgan fingerprint density at radius 3 is 2.67 bits per heavy atom. The molecule has 0 saturated carbocycles. The third-order valence-electron chi connectivity index (χ3n) is 1.98. The number of hydrogen-bond donors (Lipinski definition) is 0. The third-order valence-corrected chi connectivity index (χ3v) is 2.63. The number of rotatable bonds is 3. The average Bonchev–Trinajstić information content (AvgIpc) is 2.68. The first kappa shape index (κ1) is 10.6. The Bertz CT molecular complexity index is 438. The Morgan fingerprint density at radius 2 is 2.00 bits per heavy atom. The fraction of sp³-hybridized carbons (Fsp3) is 0.200. The van der Waals surface area contributed by atoms with Gasteiger partial charge in [0.1, 0.15) is 0 Å². The number of hydrogen-bond acceptors (Lipinski definition) is 2. The minimum Gasteiger partial charge on any atom is -0.220 e. The molecule has 0 atom stereocenters. The van der Waals surface area contributed by atoms with E-state index in [0.717, 1.165) is 28.2 Å². The summed E-state index contributed by atoms with van der Waals surface area (Å²) < 4.78 is 1.74. The predicted octanol–water partition coefficient (Wildman–Crippen LogP) is 2.86. The molecule has 0 radical (unpaired) electrons. The molecule has 0 fully saturated rings. The second-order valence-corrected chi connectivity index (χ2v) is 4.30. The Morgan fingerprint density at radius 1 is 1.27 bits per heavy atom. The van der Waals surface area contributed by atoms with Crippen molar-refractivity contribution in [3.05, 3.63) is 41.2 Å². The number of alkyl halides is 1. The van der Waals surface area contributed by atoms with Crippen molar-refractivity contribution < 1.29 is 0 Å². The molecule has 15 heavy (non-hydrogen) atoms. The van der Waals surface area contributed by atoms with Crippen LogP contribution in [0.1, 0.15) is 5.69 Å². The van der Waals surface area contributed by atoms with E-state index in [2.05, 4.69) is 26.2 Å². The van der Waals surface area contributed by atoms with Gasteiger partial charge < -0.3 is 0 Å². The van der Waals surface area contributed by atoms with E-state index in [-0.39, 0.29) is 0 Å². The lowest BCUT2D eigenvalue weighted by Crippen LogP contribution is -1.93. The van der Waals surface area contributed by atoms with Crippen LogP contribution >= 0.6 is 27.5 Å². The van der Waals surface area contributed by atoms with Crippen LogP contribution in [0.5, 0.6) is 0 Å². The Hall–Kier alpha value is -0.870. The van der Waals surface area contributed by atoms with Crippen LogP contribution in [0.2, 0.25) is 5.02 Å².